The van der Waals surface area contributed by atoms with Crippen LogP contribution in [-0.2, 0) is 0 Å². The summed E-state index contributed by atoms with van der Waals surface area (Å²) in [5.74, 6) is 0. The minimum atomic E-state index is -0.173. The van der Waals surface area contributed by atoms with E-state index in [9.17, 15) is 9.59 Å². The van der Waals surface area contributed by atoms with Crippen LogP contribution < -0.4 is 5.56 Å². The van der Waals surface area contributed by atoms with Gasteiger partial charge in [-0.3, -0.25) is 9.59 Å². The quantitative estimate of drug-likeness (QED) is 0.750. The average molecular weight is 199 g/mol. The van der Waals surface area contributed by atoms with E-state index in [1.165, 1.54) is 6.07 Å². The fourth-order valence-corrected chi connectivity index (χ4v) is 1.45. The Balaban J connectivity index is 2.63. The van der Waals surface area contributed by atoms with Gasteiger partial charge in [0.2, 0.25) is 5.56 Å². The fourth-order valence-electron chi connectivity index (χ4n) is 1.45. The van der Waals surface area contributed by atoms with Gasteiger partial charge in [-0.25, -0.2) is 0 Å². The maximum atomic E-state index is 11.1. The smallest absolute Gasteiger partial charge is 0.248 e. The number of nitrogens with one attached hydrogen (secondary N) is 1. The number of hydrogen-bond acceptors (Lipinski definition) is 2. The highest BCUT2D eigenvalue weighted by Gasteiger charge is 2.03. The van der Waals surface area contributed by atoms with Gasteiger partial charge in [0, 0.05) is 22.9 Å². The van der Waals surface area contributed by atoms with Crippen molar-refractivity contribution in [3.8, 4) is 11.3 Å². The van der Waals surface area contributed by atoms with Crippen LogP contribution in [0.3, 0.4) is 0 Å². The minimum absolute atomic E-state index is 0.173. The molecule has 1 aromatic carbocycles. The molecular formula is C12H9NO2. The van der Waals surface area contributed by atoms with Gasteiger partial charge in [-0.15, -0.1) is 0 Å². The van der Waals surface area contributed by atoms with E-state index < -0.39 is 0 Å². The van der Waals surface area contributed by atoms with Crippen molar-refractivity contribution in [2.45, 2.75) is 0 Å². The number of carbonyl (C=O) groups is 1. The van der Waals surface area contributed by atoms with E-state index in [0.29, 0.717) is 11.3 Å². The molecule has 0 saturated carbocycles. The second-order valence-corrected chi connectivity index (χ2v) is 3.13. The van der Waals surface area contributed by atoms with Crippen LogP contribution >= 0.6 is 0 Å². The summed E-state index contributed by atoms with van der Waals surface area (Å²) >= 11 is 0. The van der Waals surface area contributed by atoms with Gasteiger partial charge in [-0.1, -0.05) is 30.3 Å². The summed E-state index contributed by atoms with van der Waals surface area (Å²) in [7, 11) is 0. The van der Waals surface area contributed by atoms with E-state index in [1.807, 2.05) is 6.07 Å². The molecule has 3 heteroatoms. The van der Waals surface area contributed by atoms with Gasteiger partial charge in [0.25, 0.3) is 0 Å². The van der Waals surface area contributed by atoms with Gasteiger partial charge in [-0.05, 0) is 6.07 Å². The summed E-state index contributed by atoms with van der Waals surface area (Å²) in [4.78, 5) is 24.6. The molecule has 1 heterocycles. The third kappa shape index (κ3) is 1.86. The van der Waals surface area contributed by atoms with Crippen molar-refractivity contribution in [1.82, 2.24) is 4.98 Å². The number of hydrogen-bond donors (Lipinski definition) is 1. The standard InChI is InChI=1S/C12H9NO2/c14-8-9-4-1-2-5-10(9)11-6-3-7-12(15)13-11/h1-8H,(H,13,15). The van der Waals surface area contributed by atoms with Gasteiger partial charge in [0.1, 0.15) is 0 Å². The molecule has 0 aliphatic rings. The number of benzene rings is 1. The van der Waals surface area contributed by atoms with Crippen LogP contribution in [0.5, 0.6) is 0 Å². The molecule has 0 spiro atoms. The summed E-state index contributed by atoms with van der Waals surface area (Å²) < 4.78 is 0. The summed E-state index contributed by atoms with van der Waals surface area (Å²) in [6, 6.07) is 12.0. The van der Waals surface area contributed by atoms with E-state index in [2.05, 4.69) is 4.98 Å². The molecule has 74 valence electrons. The first-order valence-electron chi connectivity index (χ1n) is 4.55. The number of aldehydes is 1. The molecule has 0 unspecified atom stereocenters. The first kappa shape index (κ1) is 9.40. The van der Waals surface area contributed by atoms with E-state index >= 15 is 0 Å². The van der Waals surface area contributed by atoms with Crippen LogP contribution in [-0.4, -0.2) is 11.3 Å². The molecule has 2 rings (SSSR count). The van der Waals surface area contributed by atoms with E-state index in [-0.39, 0.29) is 5.56 Å². The molecule has 2 aromatic rings. The zero-order valence-electron chi connectivity index (χ0n) is 7.94. The van der Waals surface area contributed by atoms with E-state index in [4.69, 9.17) is 0 Å². The molecule has 1 aromatic heterocycles. The maximum absolute atomic E-state index is 11.1. The first-order valence-corrected chi connectivity index (χ1v) is 4.55. The molecule has 3 nitrogen and oxygen atoms in total. The van der Waals surface area contributed by atoms with Crippen molar-refractivity contribution in [1.29, 1.82) is 0 Å². The van der Waals surface area contributed by atoms with Gasteiger partial charge in [0.05, 0.1) is 0 Å². The van der Waals surface area contributed by atoms with Crippen LogP contribution in [0.25, 0.3) is 11.3 Å². The normalized spacial score (nSPS) is 9.87. The minimum Gasteiger partial charge on any atom is -0.322 e. The number of rotatable bonds is 2. The predicted octanol–water partition coefficient (Wildman–Crippen LogP) is 1.85. The van der Waals surface area contributed by atoms with Crippen molar-refractivity contribution in [3.63, 3.8) is 0 Å². The lowest BCUT2D eigenvalue weighted by atomic mass is 10.1. The summed E-state index contributed by atoms with van der Waals surface area (Å²) in [5.41, 5.74) is 1.79. The highest BCUT2D eigenvalue weighted by atomic mass is 16.1. The van der Waals surface area contributed by atoms with Crippen LogP contribution in [0, 0.1) is 0 Å². The molecule has 0 bridgehead atoms. The fraction of sp³-hybridized carbons (Fsp3) is 0. The molecule has 0 saturated heterocycles. The van der Waals surface area contributed by atoms with Crippen LogP contribution in [0.15, 0.2) is 47.3 Å². The van der Waals surface area contributed by atoms with Crippen molar-refractivity contribution in [2.75, 3.05) is 0 Å². The number of pyridine rings is 1. The number of H-pyrrole nitrogens is 1. The number of carbonyl (C=O) groups excluding carboxylic acids is 1. The highest BCUT2D eigenvalue weighted by molar-refractivity contribution is 5.86. The van der Waals surface area contributed by atoms with Crippen LogP contribution in [0.1, 0.15) is 10.4 Å². The van der Waals surface area contributed by atoms with Crippen LogP contribution in [0.4, 0.5) is 0 Å². The van der Waals surface area contributed by atoms with Gasteiger partial charge in [-0.2, -0.15) is 0 Å². The predicted molar refractivity (Wildman–Crippen MR) is 57.9 cm³/mol. The molecule has 15 heavy (non-hydrogen) atoms. The third-order valence-electron chi connectivity index (χ3n) is 2.15. The Labute approximate surface area is 86.4 Å². The molecule has 0 aliphatic heterocycles. The zero-order chi connectivity index (χ0) is 10.7. The lowest BCUT2D eigenvalue weighted by molar-refractivity contribution is 0.112. The monoisotopic (exact) mass is 199 g/mol. The summed E-state index contributed by atoms with van der Waals surface area (Å²) in [6.07, 6.45) is 0.778. The Morgan fingerprint density at radius 3 is 2.53 bits per heavy atom. The highest BCUT2D eigenvalue weighted by Crippen LogP contribution is 2.18. The zero-order valence-corrected chi connectivity index (χ0v) is 7.94. The topological polar surface area (TPSA) is 49.9 Å². The molecule has 0 fully saturated rings. The van der Waals surface area contributed by atoms with Gasteiger partial charge < -0.3 is 4.98 Å². The lowest BCUT2D eigenvalue weighted by Crippen LogP contribution is -2.04. The number of aromatic nitrogens is 1. The third-order valence-corrected chi connectivity index (χ3v) is 2.15. The average Bonchev–Trinajstić information content (AvgIpc) is 2.29. The Bertz CT molecular complexity index is 543. The van der Waals surface area contributed by atoms with Crippen molar-refractivity contribution >= 4 is 6.29 Å². The molecule has 0 aliphatic carbocycles. The summed E-state index contributed by atoms with van der Waals surface area (Å²) in [6.45, 7) is 0. The van der Waals surface area contributed by atoms with E-state index in [1.54, 1.807) is 30.3 Å². The van der Waals surface area contributed by atoms with Crippen molar-refractivity contribution < 1.29 is 4.79 Å². The largest absolute Gasteiger partial charge is 0.322 e. The van der Waals surface area contributed by atoms with Crippen LogP contribution in [0.2, 0.25) is 0 Å². The Hall–Kier alpha value is -2.16. The molecule has 0 amide bonds. The second-order valence-electron chi connectivity index (χ2n) is 3.13. The van der Waals surface area contributed by atoms with E-state index in [0.717, 1.165) is 11.8 Å². The Kier molecular flexibility index (Phi) is 2.46. The first-order chi connectivity index (χ1) is 7.31. The Morgan fingerprint density at radius 2 is 1.80 bits per heavy atom. The van der Waals surface area contributed by atoms with Crippen molar-refractivity contribution in [3.05, 3.63) is 58.4 Å². The molecule has 0 atom stereocenters. The second kappa shape index (κ2) is 3.92. The van der Waals surface area contributed by atoms with Gasteiger partial charge in [0.15, 0.2) is 6.29 Å². The molecule has 0 radical (unpaired) electrons. The molecular weight excluding hydrogens is 190 g/mol. The summed E-state index contributed by atoms with van der Waals surface area (Å²) in [5, 5.41) is 0. The van der Waals surface area contributed by atoms with Crippen molar-refractivity contribution in [2.24, 2.45) is 0 Å². The maximum Gasteiger partial charge on any atom is 0.248 e. The van der Waals surface area contributed by atoms with Gasteiger partial charge >= 0.3 is 0 Å². The number of aromatic amines is 1. The molecule has 1 N–H and O–H groups in total. The Morgan fingerprint density at radius 1 is 1.00 bits per heavy atom. The SMILES string of the molecule is O=Cc1ccccc1-c1cccc(=O)[nH]1. The lowest BCUT2D eigenvalue weighted by Gasteiger charge is -2.03.